The second kappa shape index (κ2) is 5.95. The van der Waals surface area contributed by atoms with E-state index in [4.69, 9.17) is 4.74 Å². The number of amides is 1. The molecule has 2 rings (SSSR count). The van der Waals surface area contributed by atoms with Gasteiger partial charge in [-0.1, -0.05) is 0 Å². The molecule has 1 aromatic rings. The van der Waals surface area contributed by atoms with Crippen LogP contribution in [0.5, 0.6) is 5.75 Å². The van der Waals surface area contributed by atoms with Crippen molar-refractivity contribution in [2.45, 2.75) is 12.1 Å². The van der Waals surface area contributed by atoms with E-state index in [1.165, 1.54) is 18.1 Å². The highest BCUT2D eigenvalue weighted by atomic mass is 19.2. The van der Waals surface area contributed by atoms with Crippen molar-refractivity contribution < 1.29 is 23.4 Å². The van der Waals surface area contributed by atoms with Gasteiger partial charge in [-0.15, -0.1) is 0 Å². The fourth-order valence-electron chi connectivity index (χ4n) is 2.50. The summed E-state index contributed by atoms with van der Waals surface area (Å²) in [4.78, 5) is 15.5. The lowest BCUT2D eigenvalue weighted by atomic mass is 10.1. The molecule has 116 valence electrons. The Hall–Kier alpha value is -1.73. The van der Waals surface area contributed by atoms with Crippen LogP contribution in [0.4, 0.5) is 8.78 Å². The van der Waals surface area contributed by atoms with Gasteiger partial charge in [-0.3, -0.25) is 4.79 Å². The monoisotopic (exact) mass is 300 g/mol. The molecular formula is C14H18F2N2O3. The van der Waals surface area contributed by atoms with Crippen LogP contribution in [0.25, 0.3) is 0 Å². The number of benzene rings is 1. The first-order valence-electron chi connectivity index (χ1n) is 6.52. The van der Waals surface area contributed by atoms with E-state index in [9.17, 15) is 18.7 Å². The zero-order chi connectivity index (χ0) is 15.7. The first kappa shape index (κ1) is 15.7. The zero-order valence-electron chi connectivity index (χ0n) is 12.1. The van der Waals surface area contributed by atoms with Gasteiger partial charge in [0.15, 0.2) is 11.6 Å². The smallest absolute Gasteiger partial charge is 0.260 e. The largest absolute Gasteiger partial charge is 0.496 e. The molecule has 1 aliphatic heterocycles. The summed E-state index contributed by atoms with van der Waals surface area (Å²) >= 11 is 0. The van der Waals surface area contributed by atoms with Gasteiger partial charge in [-0.05, 0) is 26.2 Å². The molecule has 1 N–H and O–H groups in total. The standard InChI is InChI=1S/C14H18F2N2O3/c1-17(2)9-6-18(7-10(9)19)14(20)12-11(21-3)5-4-8(15)13(12)16/h4-5,9-10,19H,6-7H2,1-3H3/t9-,10-/m0/s1. The number of ether oxygens (including phenoxy) is 1. The minimum absolute atomic E-state index is 0.0262. The molecule has 1 saturated heterocycles. The van der Waals surface area contributed by atoms with Crippen LogP contribution in [0.15, 0.2) is 12.1 Å². The van der Waals surface area contributed by atoms with E-state index >= 15 is 0 Å². The average molecular weight is 300 g/mol. The number of methoxy groups -OCH3 is 1. The highest BCUT2D eigenvalue weighted by Crippen LogP contribution is 2.27. The van der Waals surface area contributed by atoms with Gasteiger partial charge in [0.2, 0.25) is 0 Å². The van der Waals surface area contributed by atoms with Gasteiger partial charge in [0.05, 0.1) is 19.3 Å². The molecule has 1 heterocycles. The lowest BCUT2D eigenvalue weighted by molar-refractivity contribution is 0.0754. The number of aliphatic hydroxyl groups is 1. The highest BCUT2D eigenvalue weighted by molar-refractivity contribution is 5.97. The molecule has 0 saturated carbocycles. The van der Waals surface area contributed by atoms with E-state index in [2.05, 4.69) is 0 Å². The Balaban J connectivity index is 2.32. The van der Waals surface area contributed by atoms with Gasteiger partial charge in [-0.2, -0.15) is 0 Å². The maximum absolute atomic E-state index is 13.9. The van der Waals surface area contributed by atoms with Crippen molar-refractivity contribution in [3.05, 3.63) is 29.3 Å². The molecule has 5 nitrogen and oxygen atoms in total. The van der Waals surface area contributed by atoms with Gasteiger partial charge in [0.25, 0.3) is 5.91 Å². The van der Waals surface area contributed by atoms with Crippen molar-refractivity contribution in [2.24, 2.45) is 0 Å². The molecule has 1 aliphatic rings. The van der Waals surface area contributed by atoms with Crippen LogP contribution in [0, 0.1) is 11.6 Å². The summed E-state index contributed by atoms with van der Waals surface area (Å²) in [5, 5.41) is 9.94. The molecular weight excluding hydrogens is 282 g/mol. The molecule has 7 heteroatoms. The third kappa shape index (κ3) is 2.84. The molecule has 0 aromatic heterocycles. The summed E-state index contributed by atoms with van der Waals surface area (Å²) in [6, 6.07) is 1.88. The Morgan fingerprint density at radius 1 is 1.38 bits per heavy atom. The van der Waals surface area contributed by atoms with E-state index in [1.807, 2.05) is 0 Å². The molecule has 1 aromatic carbocycles. The Morgan fingerprint density at radius 3 is 2.57 bits per heavy atom. The number of halogens is 2. The maximum atomic E-state index is 13.9. The number of β-amino-alcohol motifs (C(OH)–C–C–N with tert-alkyl or cyclic N) is 1. The van der Waals surface area contributed by atoms with Gasteiger partial charge >= 0.3 is 0 Å². The third-order valence-corrected chi connectivity index (χ3v) is 3.70. The number of hydrogen-bond donors (Lipinski definition) is 1. The fourth-order valence-corrected chi connectivity index (χ4v) is 2.50. The first-order valence-corrected chi connectivity index (χ1v) is 6.52. The van der Waals surface area contributed by atoms with Crippen LogP contribution in [0.1, 0.15) is 10.4 Å². The van der Waals surface area contributed by atoms with Gasteiger partial charge in [0.1, 0.15) is 11.3 Å². The number of carbonyl (C=O) groups excluding carboxylic acids is 1. The summed E-state index contributed by atoms with van der Waals surface area (Å²) in [6.45, 7) is 0.312. The summed E-state index contributed by atoms with van der Waals surface area (Å²) in [5.74, 6) is -3.06. The van der Waals surface area contributed by atoms with E-state index < -0.39 is 29.2 Å². The van der Waals surface area contributed by atoms with Crippen molar-refractivity contribution in [3.8, 4) is 5.75 Å². The second-order valence-electron chi connectivity index (χ2n) is 5.25. The van der Waals surface area contributed by atoms with Crippen LogP contribution in [-0.4, -0.2) is 67.3 Å². The Morgan fingerprint density at radius 2 is 2.05 bits per heavy atom. The topological polar surface area (TPSA) is 53.0 Å². The minimum Gasteiger partial charge on any atom is -0.496 e. The number of likely N-dealkylation sites (tertiary alicyclic amines) is 1. The molecule has 0 aliphatic carbocycles. The van der Waals surface area contributed by atoms with Crippen molar-refractivity contribution in [1.29, 1.82) is 0 Å². The normalized spacial score (nSPS) is 22.0. The lowest BCUT2D eigenvalue weighted by Crippen LogP contribution is -2.38. The van der Waals surface area contributed by atoms with Crippen LogP contribution in [-0.2, 0) is 0 Å². The Bertz CT molecular complexity index is 551. The highest BCUT2D eigenvalue weighted by Gasteiger charge is 2.37. The number of aliphatic hydroxyl groups excluding tert-OH is 1. The van der Waals surface area contributed by atoms with Gasteiger partial charge in [0, 0.05) is 13.1 Å². The molecule has 0 radical (unpaired) electrons. The molecule has 1 fully saturated rings. The van der Waals surface area contributed by atoms with Crippen LogP contribution in [0.2, 0.25) is 0 Å². The predicted molar refractivity (Wildman–Crippen MR) is 72.3 cm³/mol. The Kier molecular flexibility index (Phi) is 4.43. The molecule has 2 atom stereocenters. The number of rotatable bonds is 3. The SMILES string of the molecule is COc1ccc(F)c(F)c1C(=O)N1C[C@H](O)[C@@H](N(C)C)C1. The summed E-state index contributed by atoms with van der Waals surface area (Å²) < 4.78 is 32.2. The molecule has 21 heavy (non-hydrogen) atoms. The number of hydrogen-bond acceptors (Lipinski definition) is 4. The van der Waals surface area contributed by atoms with Gasteiger partial charge in [-0.25, -0.2) is 8.78 Å². The molecule has 0 bridgehead atoms. The van der Waals surface area contributed by atoms with Crippen LogP contribution < -0.4 is 4.74 Å². The lowest BCUT2D eigenvalue weighted by Gasteiger charge is -2.22. The van der Waals surface area contributed by atoms with Crippen molar-refractivity contribution >= 4 is 5.91 Å². The van der Waals surface area contributed by atoms with E-state index in [-0.39, 0.29) is 24.9 Å². The predicted octanol–water partition coefficient (Wildman–Crippen LogP) is 0.720. The molecule has 0 spiro atoms. The minimum atomic E-state index is -1.23. The quantitative estimate of drug-likeness (QED) is 0.894. The Labute approximate surface area is 121 Å². The second-order valence-corrected chi connectivity index (χ2v) is 5.25. The number of likely N-dealkylation sites (N-methyl/N-ethyl adjacent to an activating group) is 1. The van der Waals surface area contributed by atoms with Crippen LogP contribution in [0.3, 0.4) is 0 Å². The summed E-state index contributed by atoms with van der Waals surface area (Å²) in [5.41, 5.74) is -0.441. The number of nitrogens with zero attached hydrogens (tertiary/aromatic N) is 2. The fraction of sp³-hybridized carbons (Fsp3) is 0.500. The third-order valence-electron chi connectivity index (χ3n) is 3.70. The summed E-state index contributed by atoms with van der Waals surface area (Å²) in [7, 11) is 4.85. The zero-order valence-corrected chi connectivity index (χ0v) is 12.1. The van der Waals surface area contributed by atoms with Crippen molar-refractivity contribution in [2.75, 3.05) is 34.3 Å². The first-order chi connectivity index (χ1) is 9.86. The van der Waals surface area contributed by atoms with Crippen molar-refractivity contribution in [3.63, 3.8) is 0 Å². The maximum Gasteiger partial charge on any atom is 0.260 e. The molecule has 1 amide bonds. The van der Waals surface area contributed by atoms with Gasteiger partial charge < -0.3 is 19.6 Å². The average Bonchev–Trinajstić information content (AvgIpc) is 2.83. The number of carbonyl (C=O) groups is 1. The van der Waals surface area contributed by atoms with E-state index in [0.29, 0.717) is 0 Å². The van der Waals surface area contributed by atoms with E-state index in [0.717, 1.165) is 6.07 Å². The van der Waals surface area contributed by atoms with Crippen LogP contribution >= 0.6 is 0 Å². The molecule has 0 unspecified atom stereocenters. The summed E-state index contributed by atoms with van der Waals surface area (Å²) in [6.07, 6.45) is -0.730. The van der Waals surface area contributed by atoms with Crippen molar-refractivity contribution in [1.82, 2.24) is 9.80 Å². The van der Waals surface area contributed by atoms with E-state index in [1.54, 1.807) is 19.0 Å².